The van der Waals surface area contributed by atoms with Crippen molar-refractivity contribution >= 4 is 10.0 Å². The number of aryl methyl sites for hydroxylation is 1. The Kier molecular flexibility index (Phi) is 4.53. The number of piperazine rings is 1. The first-order chi connectivity index (χ1) is 9.40. The first-order valence-corrected chi connectivity index (χ1v) is 8.34. The van der Waals surface area contributed by atoms with Crippen LogP contribution in [-0.2, 0) is 16.6 Å². The second-order valence-electron chi connectivity index (χ2n) is 5.24. The number of nitrogens with zero attached hydrogens (tertiary/aromatic N) is 2. The summed E-state index contributed by atoms with van der Waals surface area (Å²) in [4.78, 5) is 2.46. The van der Waals surface area contributed by atoms with Crippen molar-refractivity contribution in [1.82, 2.24) is 9.21 Å². The minimum absolute atomic E-state index is 0.205. The Bertz CT molecular complexity index is 567. The lowest BCUT2D eigenvalue weighted by Crippen LogP contribution is -2.52. The molecule has 1 aliphatic heterocycles. The van der Waals surface area contributed by atoms with Crippen LogP contribution in [0.25, 0.3) is 0 Å². The summed E-state index contributed by atoms with van der Waals surface area (Å²) in [5.41, 5.74) is 5.51. The molecule has 1 aromatic heterocycles. The van der Waals surface area contributed by atoms with E-state index in [1.165, 1.54) is 0 Å². The van der Waals surface area contributed by atoms with E-state index in [9.17, 15) is 8.42 Å². The Labute approximate surface area is 120 Å². The topological polar surface area (TPSA) is 79.8 Å². The van der Waals surface area contributed by atoms with Gasteiger partial charge in [-0.2, -0.15) is 4.31 Å². The van der Waals surface area contributed by atoms with Gasteiger partial charge in [0.25, 0.3) is 0 Å². The van der Waals surface area contributed by atoms with Gasteiger partial charge < -0.3 is 15.1 Å². The van der Waals surface area contributed by atoms with Gasteiger partial charge in [-0.25, -0.2) is 8.42 Å². The lowest BCUT2D eigenvalue weighted by atomic mass is 10.1. The molecule has 2 heterocycles. The molecule has 6 nitrogen and oxygen atoms in total. The predicted octanol–water partition coefficient (Wildman–Crippen LogP) is 0.761. The van der Waals surface area contributed by atoms with Gasteiger partial charge in [0.2, 0.25) is 10.0 Å². The Morgan fingerprint density at radius 1 is 1.45 bits per heavy atom. The molecule has 2 rings (SSSR count). The quantitative estimate of drug-likeness (QED) is 0.888. The van der Waals surface area contributed by atoms with Crippen molar-refractivity contribution in [3.63, 3.8) is 0 Å². The summed E-state index contributed by atoms with van der Waals surface area (Å²) in [5.74, 6) is 0.916. The van der Waals surface area contributed by atoms with Crippen LogP contribution >= 0.6 is 0 Å². The number of hydrogen-bond acceptors (Lipinski definition) is 5. The molecule has 0 spiro atoms. The number of likely N-dealkylation sites (N-methyl/N-ethyl adjacent to an activating group) is 1. The number of nitrogens with two attached hydrogens (primary N) is 1. The summed E-state index contributed by atoms with van der Waals surface area (Å²) in [5, 5.41) is 0. The van der Waals surface area contributed by atoms with Crippen LogP contribution in [0.1, 0.15) is 24.9 Å². The van der Waals surface area contributed by atoms with E-state index >= 15 is 0 Å². The van der Waals surface area contributed by atoms with Crippen molar-refractivity contribution in [2.45, 2.75) is 37.8 Å². The Morgan fingerprint density at radius 3 is 2.70 bits per heavy atom. The van der Waals surface area contributed by atoms with Crippen molar-refractivity contribution in [3.05, 3.63) is 17.6 Å². The predicted molar refractivity (Wildman–Crippen MR) is 76.8 cm³/mol. The summed E-state index contributed by atoms with van der Waals surface area (Å²) in [6.45, 7) is 5.73. The van der Waals surface area contributed by atoms with E-state index in [-0.39, 0.29) is 17.5 Å². The fourth-order valence-electron chi connectivity index (χ4n) is 2.60. The highest BCUT2D eigenvalue weighted by Crippen LogP contribution is 2.25. The Balaban J connectivity index is 2.28. The summed E-state index contributed by atoms with van der Waals surface area (Å²) in [7, 11) is -1.46. The van der Waals surface area contributed by atoms with E-state index in [1.54, 1.807) is 17.3 Å². The van der Waals surface area contributed by atoms with Gasteiger partial charge in [-0.15, -0.1) is 0 Å². The second kappa shape index (κ2) is 5.85. The monoisotopic (exact) mass is 301 g/mol. The van der Waals surface area contributed by atoms with Crippen molar-refractivity contribution in [2.75, 3.05) is 26.7 Å². The summed E-state index contributed by atoms with van der Waals surface area (Å²) >= 11 is 0. The smallest absolute Gasteiger partial charge is 0.246 e. The summed E-state index contributed by atoms with van der Waals surface area (Å²) < 4.78 is 32.4. The van der Waals surface area contributed by atoms with Crippen LogP contribution in [0.5, 0.6) is 0 Å². The average molecular weight is 301 g/mol. The van der Waals surface area contributed by atoms with Gasteiger partial charge in [-0.1, -0.05) is 6.92 Å². The van der Waals surface area contributed by atoms with Crippen LogP contribution in [-0.4, -0.2) is 50.3 Å². The zero-order valence-electron chi connectivity index (χ0n) is 12.3. The third-order valence-corrected chi connectivity index (χ3v) is 5.93. The lowest BCUT2D eigenvalue weighted by molar-refractivity contribution is 0.144. The first kappa shape index (κ1) is 15.5. The molecule has 0 amide bonds. The fraction of sp³-hybridized carbons (Fsp3) is 0.692. The molecule has 0 aliphatic carbocycles. The van der Waals surface area contributed by atoms with Crippen LogP contribution in [0.2, 0.25) is 0 Å². The molecule has 1 aromatic rings. The zero-order valence-corrected chi connectivity index (χ0v) is 13.1. The molecule has 2 N–H and O–H groups in total. The fourth-order valence-corrected chi connectivity index (χ4v) is 4.25. The van der Waals surface area contributed by atoms with E-state index in [2.05, 4.69) is 11.8 Å². The standard InChI is InChI=1S/C13H23N3O3S/c1-4-11-9-16(6-5-15(11)3)20(17,18)13-7-12(8-14)19-10(13)2/h7,11H,4-6,8-9,14H2,1-3H3. The maximum atomic E-state index is 12.7. The maximum Gasteiger partial charge on any atom is 0.246 e. The Hall–Kier alpha value is -0.890. The third-order valence-electron chi connectivity index (χ3n) is 3.95. The van der Waals surface area contributed by atoms with E-state index < -0.39 is 10.0 Å². The highest BCUT2D eigenvalue weighted by Gasteiger charge is 2.34. The largest absolute Gasteiger partial charge is 0.464 e. The van der Waals surface area contributed by atoms with E-state index in [0.29, 0.717) is 24.6 Å². The average Bonchev–Trinajstić information content (AvgIpc) is 2.81. The number of rotatable bonds is 4. The Morgan fingerprint density at radius 2 is 2.15 bits per heavy atom. The van der Waals surface area contributed by atoms with Crippen molar-refractivity contribution < 1.29 is 12.8 Å². The normalized spacial score (nSPS) is 22.3. The van der Waals surface area contributed by atoms with Crippen LogP contribution in [0, 0.1) is 6.92 Å². The van der Waals surface area contributed by atoms with Crippen LogP contribution < -0.4 is 5.73 Å². The summed E-state index contributed by atoms with van der Waals surface area (Å²) in [6.07, 6.45) is 0.931. The van der Waals surface area contributed by atoms with Crippen molar-refractivity contribution in [3.8, 4) is 0 Å². The van der Waals surface area contributed by atoms with Gasteiger partial charge in [-0.3, -0.25) is 0 Å². The van der Waals surface area contributed by atoms with Gasteiger partial charge in [0.1, 0.15) is 16.4 Å². The molecule has 0 bridgehead atoms. The lowest BCUT2D eigenvalue weighted by Gasteiger charge is -2.38. The molecule has 1 aliphatic rings. The van der Waals surface area contributed by atoms with Gasteiger partial charge >= 0.3 is 0 Å². The first-order valence-electron chi connectivity index (χ1n) is 6.90. The van der Waals surface area contributed by atoms with E-state index in [0.717, 1.165) is 13.0 Å². The van der Waals surface area contributed by atoms with Crippen molar-refractivity contribution in [1.29, 1.82) is 0 Å². The molecule has 1 fully saturated rings. The van der Waals surface area contributed by atoms with Crippen LogP contribution in [0.15, 0.2) is 15.4 Å². The molecule has 1 unspecified atom stereocenters. The molecule has 0 saturated carbocycles. The van der Waals surface area contributed by atoms with E-state index in [1.807, 2.05) is 7.05 Å². The van der Waals surface area contributed by atoms with Gasteiger partial charge in [0.05, 0.1) is 6.54 Å². The minimum atomic E-state index is -3.49. The van der Waals surface area contributed by atoms with Gasteiger partial charge in [-0.05, 0) is 20.4 Å². The molecule has 1 atom stereocenters. The molecular formula is C13H23N3O3S. The maximum absolute atomic E-state index is 12.7. The number of sulfonamides is 1. The summed E-state index contributed by atoms with van der Waals surface area (Å²) in [6, 6.07) is 1.81. The SMILES string of the molecule is CCC1CN(S(=O)(=O)c2cc(CN)oc2C)CCN1C. The highest BCUT2D eigenvalue weighted by atomic mass is 32.2. The molecular weight excluding hydrogens is 278 g/mol. The van der Waals surface area contributed by atoms with Gasteiger partial charge in [0, 0.05) is 31.7 Å². The second-order valence-corrected chi connectivity index (χ2v) is 7.15. The molecule has 114 valence electrons. The number of furan rings is 1. The highest BCUT2D eigenvalue weighted by molar-refractivity contribution is 7.89. The minimum Gasteiger partial charge on any atom is -0.464 e. The van der Waals surface area contributed by atoms with Crippen LogP contribution in [0.4, 0.5) is 0 Å². The molecule has 0 radical (unpaired) electrons. The molecule has 20 heavy (non-hydrogen) atoms. The third kappa shape index (κ3) is 2.76. The van der Waals surface area contributed by atoms with E-state index in [4.69, 9.17) is 10.2 Å². The number of hydrogen-bond donors (Lipinski definition) is 1. The van der Waals surface area contributed by atoms with Crippen molar-refractivity contribution in [2.24, 2.45) is 5.73 Å². The molecule has 0 aromatic carbocycles. The molecule has 1 saturated heterocycles. The zero-order chi connectivity index (χ0) is 14.9. The van der Waals surface area contributed by atoms with Crippen LogP contribution in [0.3, 0.4) is 0 Å². The molecule has 7 heteroatoms. The van der Waals surface area contributed by atoms with Gasteiger partial charge in [0.15, 0.2) is 0 Å².